The lowest BCUT2D eigenvalue weighted by Crippen LogP contribution is -2.46. The van der Waals surface area contributed by atoms with E-state index in [9.17, 15) is 9.18 Å². The van der Waals surface area contributed by atoms with Crippen LogP contribution in [-0.4, -0.2) is 24.4 Å². The summed E-state index contributed by atoms with van der Waals surface area (Å²) in [7, 11) is 1.41. The van der Waals surface area contributed by atoms with Gasteiger partial charge in [-0.2, -0.15) is 0 Å². The van der Waals surface area contributed by atoms with E-state index in [1.807, 2.05) is 6.92 Å². The first kappa shape index (κ1) is 18.2. The van der Waals surface area contributed by atoms with E-state index in [-0.39, 0.29) is 16.1 Å². The molecule has 1 aromatic heterocycles. The highest BCUT2D eigenvalue weighted by molar-refractivity contribution is 6.31. The molecule has 1 unspecified atom stereocenters. The number of rotatable bonds is 5. The number of aliphatic imine (C=N–C) groups is 1. The van der Waals surface area contributed by atoms with Crippen molar-refractivity contribution in [1.82, 2.24) is 15.6 Å². The maximum absolute atomic E-state index is 14.5. The number of aromatic amines is 1. The molecule has 0 fully saturated rings. The molecule has 136 valence electrons. The summed E-state index contributed by atoms with van der Waals surface area (Å²) in [6, 6.07) is 7.41. The van der Waals surface area contributed by atoms with Crippen LogP contribution < -0.4 is 16.2 Å². The first-order chi connectivity index (χ1) is 12.5. The Labute approximate surface area is 154 Å². The number of allylic oxidation sites excluding steroid dienone is 1. The fourth-order valence-corrected chi connectivity index (χ4v) is 3.04. The molecule has 0 bridgehead atoms. The Morgan fingerprint density at radius 3 is 2.77 bits per heavy atom. The predicted molar refractivity (Wildman–Crippen MR) is 98.6 cm³/mol. The molecule has 0 radical (unpaired) electrons. The molecule has 0 amide bonds. The number of ether oxygens (including phenoxy) is 1. The standard InChI is InChI=1S/C18H18ClFN4O2/c1-3-21-14-10-23-18(26-2,16-12(19)5-4-6-13(16)20)24-17(14)11-7-8-15(25)22-9-11/h4-10,21,23H,3H2,1-2H3,(H,22,25). The van der Waals surface area contributed by atoms with Crippen molar-refractivity contribution in [1.29, 1.82) is 0 Å². The lowest BCUT2D eigenvalue weighted by atomic mass is 10.0. The minimum atomic E-state index is -1.53. The number of aromatic nitrogens is 1. The van der Waals surface area contributed by atoms with Crippen molar-refractivity contribution in [2.45, 2.75) is 12.8 Å². The Morgan fingerprint density at radius 2 is 2.15 bits per heavy atom. The van der Waals surface area contributed by atoms with E-state index in [0.717, 1.165) is 0 Å². The Hall–Kier alpha value is -2.64. The predicted octanol–water partition coefficient (Wildman–Crippen LogP) is 2.47. The molecular weight excluding hydrogens is 359 g/mol. The molecule has 0 aliphatic carbocycles. The zero-order valence-corrected chi connectivity index (χ0v) is 15.0. The highest BCUT2D eigenvalue weighted by atomic mass is 35.5. The zero-order valence-electron chi connectivity index (χ0n) is 14.3. The molecule has 2 aromatic rings. The normalized spacial score (nSPS) is 19.4. The number of halogens is 2. The number of H-pyrrole nitrogens is 1. The first-order valence-electron chi connectivity index (χ1n) is 8.01. The number of nitrogens with one attached hydrogen (secondary N) is 3. The largest absolute Gasteiger partial charge is 0.382 e. The molecule has 0 spiro atoms. The monoisotopic (exact) mass is 376 g/mol. The Kier molecular flexibility index (Phi) is 5.11. The highest BCUT2D eigenvalue weighted by Gasteiger charge is 2.39. The smallest absolute Gasteiger partial charge is 0.269 e. The van der Waals surface area contributed by atoms with Gasteiger partial charge in [-0.15, -0.1) is 0 Å². The number of pyridine rings is 1. The summed E-state index contributed by atoms with van der Waals surface area (Å²) in [6.45, 7) is 2.59. The van der Waals surface area contributed by atoms with Crippen LogP contribution in [0.2, 0.25) is 5.02 Å². The van der Waals surface area contributed by atoms with E-state index in [4.69, 9.17) is 16.3 Å². The van der Waals surface area contributed by atoms with Crippen LogP contribution in [0.4, 0.5) is 4.39 Å². The second-order valence-corrected chi connectivity index (χ2v) is 5.99. The van der Waals surface area contributed by atoms with Gasteiger partial charge in [-0.05, 0) is 25.1 Å². The van der Waals surface area contributed by atoms with Crippen molar-refractivity contribution in [2.24, 2.45) is 4.99 Å². The molecular formula is C18H18ClFN4O2. The molecule has 2 heterocycles. The molecule has 0 saturated carbocycles. The number of benzene rings is 1. The van der Waals surface area contributed by atoms with Crippen LogP contribution >= 0.6 is 11.6 Å². The molecule has 1 aromatic carbocycles. The number of hydrogen-bond donors (Lipinski definition) is 3. The minimum Gasteiger partial charge on any atom is -0.382 e. The third kappa shape index (κ3) is 3.23. The average Bonchev–Trinajstić information content (AvgIpc) is 2.63. The van der Waals surface area contributed by atoms with Gasteiger partial charge in [-0.3, -0.25) is 4.79 Å². The van der Waals surface area contributed by atoms with Gasteiger partial charge in [-0.25, -0.2) is 9.38 Å². The van der Waals surface area contributed by atoms with Crippen LogP contribution in [0, 0.1) is 5.82 Å². The second-order valence-electron chi connectivity index (χ2n) is 5.58. The van der Waals surface area contributed by atoms with Crippen molar-refractivity contribution in [3.05, 3.63) is 80.7 Å². The van der Waals surface area contributed by atoms with E-state index in [0.29, 0.717) is 23.5 Å². The summed E-state index contributed by atoms with van der Waals surface area (Å²) in [6.07, 6.45) is 3.20. The van der Waals surface area contributed by atoms with Crippen LogP contribution in [-0.2, 0) is 10.6 Å². The van der Waals surface area contributed by atoms with E-state index in [2.05, 4.69) is 20.6 Å². The Morgan fingerprint density at radius 1 is 1.35 bits per heavy atom. The lowest BCUT2D eigenvalue weighted by molar-refractivity contribution is -0.0301. The molecule has 8 heteroatoms. The highest BCUT2D eigenvalue weighted by Crippen LogP contribution is 2.35. The SMILES string of the molecule is CCNC1=CNC(OC)(c2c(F)cccc2Cl)N=C1c1ccc(=O)[nH]c1. The summed E-state index contributed by atoms with van der Waals surface area (Å²) >= 11 is 6.23. The molecule has 1 aliphatic heterocycles. The van der Waals surface area contributed by atoms with Gasteiger partial charge in [0.2, 0.25) is 5.56 Å². The van der Waals surface area contributed by atoms with Crippen molar-refractivity contribution in [2.75, 3.05) is 13.7 Å². The van der Waals surface area contributed by atoms with Crippen molar-refractivity contribution in [3.63, 3.8) is 0 Å². The van der Waals surface area contributed by atoms with Gasteiger partial charge in [0.05, 0.1) is 22.0 Å². The molecule has 3 N–H and O–H groups in total. The topological polar surface area (TPSA) is 78.5 Å². The Balaban J connectivity index is 2.19. The summed E-state index contributed by atoms with van der Waals surface area (Å²) < 4.78 is 20.1. The van der Waals surface area contributed by atoms with Crippen molar-refractivity contribution < 1.29 is 9.13 Å². The van der Waals surface area contributed by atoms with Gasteiger partial charge < -0.3 is 20.4 Å². The maximum atomic E-state index is 14.5. The maximum Gasteiger partial charge on any atom is 0.269 e. The van der Waals surface area contributed by atoms with E-state index in [1.165, 1.54) is 25.3 Å². The van der Waals surface area contributed by atoms with E-state index >= 15 is 0 Å². The fourth-order valence-electron chi connectivity index (χ4n) is 2.75. The summed E-state index contributed by atoms with van der Waals surface area (Å²) in [5.41, 5.74) is 1.68. The molecule has 3 rings (SSSR count). The van der Waals surface area contributed by atoms with Gasteiger partial charge in [0.25, 0.3) is 5.85 Å². The van der Waals surface area contributed by atoms with Crippen LogP contribution in [0.5, 0.6) is 0 Å². The molecule has 6 nitrogen and oxygen atoms in total. The van der Waals surface area contributed by atoms with Crippen LogP contribution in [0.3, 0.4) is 0 Å². The van der Waals surface area contributed by atoms with E-state index in [1.54, 1.807) is 24.5 Å². The van der Waals surface area contributed by atoms with Crippen molar-refractivity contribution in [3.8, 4) is 0 Å². The zero-order chi connectivity index (χ0) is 18.7. The average molecular weight is 377 g/mol. The van der Waals surface area contributed by atoms with Gasteiger partial charge in [0, 0.05) is 37.7 Å². The van der Waals surface area contributed by atoms with Crippen LogP contribution in [0.15, 0.2) is 58.2 Å². The lowest BCUT2D eigenvalue weighted by Gasteiger charge is -2.34. The van der Waals surface area contributed by atoms with Gasteiger partial charge in [0.1, 0.15) is 5.82 Å². The minimum absolute atomic E-state index is 0.0814. The number of likely N-dealkylation sites (N-methyl/N-ethyl adjacent to an activating group) is 1. The van der Waals surface area contributed by atoms with Crippen LogP contribution in [0.25, 0.3) is 0 Å². The summed E-state index contributed by atoms with van der Waals surface area (Å²) in [5, 5.41) is 6.36. The quantitative estimate of drug-likeness (QED) is 0.749. The van der Waals surface area contributed by atoms with Crippen molar-refractivity contribution >= 4 is 17.3 Å². The summed E-state index contributed by atoms with van der Waals surface area (Å²) in [4.78, 5) is 18.6. The number of methoxy groups -OCH3 is 1. The molecule has 1 atom stereocenters. The molecule has 0 saturated heterocycles. The Bertz CT molecular complexity index is 900. The van der Waals surface area contributed by atoms with Gasteiger partial charge >= 0.3 is 0 Å². The number of hydrogen-bond acceptors (Lipinski definition) is 5. The van der Waals surface area contributed by atoms with Gasteiger partial charge in [0.15, 0.2) is 0 Å². The third-order valence-corrected chi connectivity index (χ3v) is 4.27. The van der Waals surface area contributed by atoms with Crippen LogP contribution in [0.1, 0.15) is 18.1 Å². The second kappa shape index (κ2) is 7.31. The van der Waals surface area contributed by atoms with Gasteiger partial charge in [-0.1, -0.05) is 17.7 Å². The molecule has 26 heavy (non-hydrogen) atoms. The third-order valence-electron chi connectivity index (χ3n) is 3.96. The first-order valence-corrected chi connectivity index (χ1v) is 8.39. The summed E-state index contributed by atoms with van der Waals surface area (Å²) in [5.74, 6) is -2.08. The number of nitrogens with zero attached hydrogens (tertiary/aromatic N) is 1. The van der Waals surface area contributed by atoms with E-state index < -0.39 is 11.7 Å². The molecule has 1 aliphatic rings. The fraction of sp³-hybridized carbons (Fsp3) is 0.222.